The van der Waals surface area contributed by atoms with Crippen LogP contribution in [0.4, 0.5) is 0 Å². The lowest BCUT2D eigenvalue weighted by molar-refractivity contribution is -0.149. The Bertz CT molecular complexity index is 509. The first-order valence-electron chi connectivity index (χ1n) is 5.27. The minimum Gasteiger partial charge on any atom is -0.375 e. The van der Waals surface area contributed by atoms with E-state index >= 15 is 0 Å². The average molecular weight is 231 g/mol. The number of likely N-dealkylation sites (N-methyl/N-ethyl adjacent to an activating group) is 1. The number of fused-ring (bicyclic) bond motifs is 1. The number of aliphatic hydroxyl groups is 1. The quantitative estimate of drug-likeness (QED) is 0.611. The molecule has 1 atom stereocenters. The molecule has 1 aromatic carbocycles. The Hall–Kier alpha value is -1.94. The fourth-order valence-corrected chi connectivity index (χ4v) is 2.10. The second kappa shape index (κ2) is 3.82. The Morgan fingerprint density at radius 1 is 1.41 bits per heavy atom. The van der Waals surface area contributed by atoms with Gasteiger partial charge in [0.05, 0.1) is 0 Å². The largest absolute Gasteiger partial charge is 0.375 e. The lowest BCUT2D eigenvalue weighted by Crippen LogP contribution is -2.52. The van der Waals surface area contributed by atoms with E-state index in [4.69, 9.17) is 0 Å². The topological polar surface area (TPSA) is 57.6 Å². The molecule has 1 aromatic rings. The van der Waals surface area contributed by atoms with Crippen molar-refractivity contribution in [3.63, 3.8) is 0 Å². The first-order chi connectivity index (χ1) is 8.02. The van der Waals surface area contributed by atoms with E-state index in [1.54, 1.807) is 24.3 Å². The van der Waals surface area contributed by atoms with Gasteiger partial charge in [0.25, 0.3) is 11.8 Å². The van der Waals surface area contributed by atoms with Crippen molar-refractivity contribution in [2.75, 3.05) is 7.05 Å². The zero-order valence-corrected chi connectivity index (χ0v) is 9.51. The lowest BCUT2D eigenvalue weighted by Gasteiger charge is -2.36. The molecule has 0 saturated heterocycles. The fraction of sp³-hybridized carbons (Fsp3) is 0.231. The van der Waals surface area contributed by atoms with Gasteiger partial charge in [0, 0.05) is 24.6 Å². The van der Waals surface area contributed by atoms with Crippen molar-refractivity contribution in [1.82, 2.24) is 4.90 Å². The molecule has 4 heteroatoms. The Kier molecular flexibility index (Phi) is 2.59. The number of carbonyl (C=O) groups is 2. The van der Waals surface area contributed by atoms with Crippen molar-refractivity contribution in [1.29, 1.82) is 0 Å². The molecule has 0 fully saturated rings. The summed E-state index contributed by atoms with van der Waals surface area (Å²) in [5.74, 6) is -1.000. The first-order valence-corrected chi connectivity index (χ1v) is 5.27. The molecule has 1 aliphatic rings. The summed E-state index contributed by atoms with van der Waals surface area (Å²) in [6.45, 7) is 3.54. The van der Waals surface area contributed by atoms with E-state index in [0.717, 1.165) is 4.90 Å². The van der Waals surface area contributed by atoms with Gasteiger partial charge in [-0.15, -0.1) is 6.58 Å². The number of rotatable bonds is 2. The number of hydrogen-bond acceptors (Lipinski definition) is 3. The summed E-state index contributed by atoms with van der Waals surface area (Å²) in [6.07, 6.45) is 1.55. The fourth-order valence-electron chi connectivity index (χ4n) is 2.10. The summed E-state index contributed by atoms with van der Waals surface area (Å²) < 4.78 is 0. The molecule has 17 heavy (non-hydrogen) atoms. The van der Waals surface area contributed by atoms with Crippen LogP contribution in [0.25, 0.3) is 0 Å². The van der Waals surface area contributed by atoms with E-state index in [-0.39, 0.29) is 12.3 Å². The average Bonchev–Trinajstić information content (AvgIpc) is 2.35. The Morgan fingerprint density at radius 2 is 2.06 bits per heavy atom. The predicted octanol–water partition coefficient (Wildman–Crippen LogP) is 1.06. The maximum atomic E-state index is 12.0. The van der Waals surface area contributed by atoms with Gasteiger partial charge in [-0.05, 0) is 6.07 Å². The molecule has 1 heterocycles. The van der Waals surface area contributed by atoms with Crippen LogP contribution in [0.1, 0.15) is 22.3 Å². The zero-order chi connectivity index (χ0) is 12.6. The van der Waals surface area contributed by atoms with Crippen LogP contribution in [-0.2, 0) is 10.4 Å². The first kappa shape index (κ1) is 11.5. The molecule has 0 radical (unpaired) electrons. The third kappa shape index (κ3) is 1.49. The van der Waals surface area contributed by atoms with Gasteiger partial charge < -0.3 is 5.11 Å². The monoisotopic (exact) mass is 231 g/mol. The van der Waals surface area contributed by atoms with E-state index in [9.17, 15) is 14.7 Å². The van der Waals surface area contributed by atoms with Gasteiger partial charge in [0.1, 0.15) is 0 Å². The van der Waals surface area contributed by atoms with E-state index in [2.05, 4.69) is 6.58 Å². The normalized spacial score (nSPS) is 23.5. The molecule has 0 bridgehead atoms. The van der Waals surface area contributed by atoms with E-state index in [0.29, 0.717) is 11.1 Å². The van der Waals surface area contributed by atoms with Crippen LogP contribution in [0.3, 0.4) is 0 Å². The maximum Gasteiger partial charge on any atom is 0.266 e. The number of benzene rings is 1. The van der Waals surface area contributed by atoms with Crippen molar-refractivity contribution < 1.29 is 14.7 Å². The van der Waals surface area contributed by atoms with Gasteiger partial charge in [-0.25, -0.2) is 0 Å². The summed E-state index contributed by atoms with van der Waals surface area (Å²) in [4.78, 5) is 24.9. The van der Waals surface area contributed by atoms with Gasteiger partial charge in [-0.3, -0.25) is 14.5 Å². The number of carbonyl (C=O) groups excluding carboxylic acids is 2. The van der Waals surface area contributed by atoms with Gasteiger partial charge in [0.2, 0.25) is 0 Å². The highest BCUT2D eigenvalue weighted by Crippen LogP contribution is 2.34. The van der Waals surface area contributed by atoms with Crippen LogP contribution in [0.2, 0.25) is 0 Å². The summed E-state index contributed by atoms with van der Waals surface area (Å²) in [6, 6.07) is 6.60. The Labute approximate surface area is 99.2 Å². The van der Waals surface area contributed by atoms with Crippen LogP contribution in [0.15, 0.2) is 36.9 Å². The Balaban J connectivity index is 2.69. The molecule has 2 rings (SSSR count). The molecule has 88 valence electrons. The van der Waals surface area contributed by atoms with Crippen molar-refractivity contribution in [2.45, 2.75) is 12.0 Å². The second-order valence-corrected chi connectivity index (χ2v) is 4.07. The summed E-state index contributed by atoms with van der Waals surface area (Å²) in [5, 5.41) is 10.5. The minimum atomic E-state index is -1.68. The molecule has 2 amide bonds. The maximum absolute atomic E-state index is 12.0. The Morgan fingerprint density at radius 3 is 2.71 bits per heavy atom. The smallest absolute Gasteiger partial charge is 0.266 e. The molecule has 0 aliphatic carbocycles. The van der Waals surface area contributed by atoms with Gasteiger partial charge in [0.15, 0.2) is 5.60 Å². The molecule has 0 saturated carbocycles. The number of amides is 2. The SMILES string of the molecule is C=CCC1(O)C(=O)N(C)C(=O)c2ccccc21. The van der Waals surface area contributed by atoms with Crippen molar-refractivity contribution in [3.8, 4) is 0 Å². The number of hydrogen-bond donors (Lipinski definition) is 1. The number of imide groups is 1. The van der Waals surface area contributed by atoms with Gasteiger partial charge in [-0.1, -0.05) is 24.3 Å². The van der Waals surface area contributed by atoms with Crippen LogP contribution in [-0.4, -0.2) is 28.9 Å². The summed E-state index contributed by atoms with van der Waals surface area (Å²) in [7, 11) is 1.37. The lowest BCUT2D eigenvalue weighted by atomic mass is 9.82. The van der Waals surface area contributed by atoms with Crippen LogP contribution >= 0.6 is 0 Å². The zero-order valence-electron chi connectivity index (χ0n) is 9.51. The van der Waals surface area contributed by atoms with E-state index in [1.165, 1.54) is 13.1 Å². The van der Waals surface area contributed by atoms with E-state index < -0.39 is 11.5 Å². The van der Waals surface area contributed by atoms with Gasteiger partial charge >= 0.3 is 0 Å². The molecule has 1 N–H and O–H groups in total. The third-order valence-electron chi connectivity index (χ3n) is 3.01. The molecule has 0 aromatic heterocycles. The molecule has 4 nitrogen and oxygen atoms in total. The predicted molar refractivity (Wildman–Crippen MR) is 62.3 cm³/mol. The highest BCUT2D eigenvalue weighted by Gasteiger charge is 2.47. The molecule has 0 spiro atoms. The highest BCUT2D eigenvalue weighted by molar-refractivity contribution is 6.12. The van der Waals surface area contributed by atoms with Crippen molar-refractivity contribution in [3.05, 3.63) is 48.0 Å². The van der Waals surface area contributed by atoms with Crippen molar-refractivity contribution in [2.24, 2.45) is 0 Å². The standard InChI is InChI=1S/C13H13NO3/c1-3-8-13(17)10-7-5-4-6-9(10)11(15)14(2)12(13)16/h3-7,17H,1,8H2,2H3. The van der Waals surface area contributed by atoms with Crippen LogP contribution in [0.5, 0.6) is 0 Å². The summed E-state index contributed by atoms with van der Waals surface area (Å²) in [5.41, 5.74) is -0.965. The van der Waals surface area contributed by atoms with Crippen LogP contribution in [0, 0.1) is 0 Å². The second-order valence-electron chi connectivity index (χ2n) is 4.07. The van der Waals surface area contributed by atoms with E-state index in [1.807, 2.05) is 0 Å². The molecule has 1 unspecified atom stereocenters. The van der Waals surface area contributed by atoms with Crippen LogP contribution < -0.4 is 0 Å². The number of nitrogens with zero attached hydrogens (tertiary/aromatic N) is 1. The molecular formula is C13H13NO3. The highest BCUT2D eigenvalue weighted by atomic mass is 16.3. The molecule has 1 aliphatic heterocycles. The van der Waals surface area contributed by atoms with Crippen molar-refractivity contribution >= 4 is 11.8 Å². The molecular weight excluding hydrogens is 218 g/mol. The van der Waals surface area contributed by atoms with Gasteiger partial charge in [-0.2, -0.15) is 0 Å². The minimum absolute atomic E-state index is 0.0838. The summed E-state index contributed by atoms with van der Waals surface area (Å²) >= 11 is 0. The third-order valence-corrected chi connectivity index (χ3v) is 3.01.